The highest BCUT2D eigenvalue weighted by Crippen LogP contribution is 2.31. The third-order valence-electron chi connectivity index (χ3n) is 4.86. The monoisotopic (exact) mass is 284 g/mol. The highest BCUT2D eigenvalue weighted by Gasteiger charge is 2.39. The normalized spacial score (nSPS) is 27.1. The zero-order valence-corrected chi connectivity index (χ0v) is 13.3. The summed E-state index contributed by atoms with van der Waals surface area (Å²) in [5.74, 6) is -1.13. The summed E-state index contributed by atoms with van der Waals surface area (Å²) in [4.78, 5) is 25.8. The largest absolute Gasteiger partial charge is 0.481 e. The van der Waals surface area contributed by atoms with Gasteiger partial charge in [-0.15, -0.1) is 0 Å². The molecule has 1 rings (SSSR count). The summed E-state index contributed by atoms with van der Waals surface area (Å²) in [5.41, 5.74) is -0.999. The molecule has 1 amide bonds. The number of aliphatic carboxylic acids is 1. The van der Waals surface area contributed by atoms with E-state index in [0.717, 1.165) is 19.4 Å². The number of hydrogen-bond donors (Lipinski definition) is 2. The minimum absolute atomic E-state index is 0.0424. The fourth-order valence-corrected chi connectivity index (χ4v) is 2.56. The van der Waals surface area contributed by atoms with Crippen LogP contribution in [0.3, 0.4) is 0 Å². The highest BCUT2D eigenvalue weighted by atomic mass is 16.4. The molecule has 0 aliphatic carbocycles. The van der Waals surface area contributed by atoms with Crippen molar-refractivity contribution in [1.82, 2.24) is 10.2 Å². The van der Waals surface area contributed by atoms with Crippen molar-refractivity contribution >= 4 is 11.9 Å². The van der Waals surface area contributed by atoms with Crippen LogP contribution in [0.4, 0.5) is 0 Å². The molecule has 1 aliphatic heterocycles. The van der Waals surface area contributed by atoms with E-state index in [9.17, 15) is 14.7 Å². The predicted molar refractivity (Wildman–Crippen MR) is 78.5 cm³/mol. The minimum Gasteiger partial charge on any atom is -0.481 e. The van der Waals surface area contributed by atoms with Gasteiger partial charge < -0.3 is 15.3 Å². The lowest BCUT2D eigenvalue weighted by atomic mass is 9.76. The zero-order chi connectivity index (χ0) is 15.5. The quantitative estimate of drug-likeness (QED) is 0.806. The summed E-state index contributed by atoms with van der Waals surface area (Å²) in [6.07, 6.45) is 1.90. The fraction of sp³-hybridized carbons (Fsp3) is 0.867. The number of hydrogen-bond acceptors (Lipinski definition) is 3. The van der Waals surface area contributed by atoms with Gasteiger partial charge in [0.15, 0.2) is 0 Å². The van der Waals surface area contributed by atoms with Gasteiger partial charge in [-0.25, -0.2) is 0 Å². The first-order valence-corrected chi connectivity index (χ1v) is 7.39. The van der Waals surface area contributed by atoms with Crippen LogP contribution in [-0.4, -0.2) is 47.6 Å². The smallest absolute Gasteiger partial charge is 0.310 e. The Morgan fingerprint density at radius 3 is 2.50 bits per heavy atom. The molecule has 1 aliphatic rings. The van der Waals surface area contributed by atoms with Crippen LogP contribution in [0, 0.1) is 11.3 Å². The van der Waals surface area contributed by atoms with Gasteiger partial charge in [-0.2, -0.15) is 0 Å². The maximum absolute atomic E-state index is 12.1. The molecule has 3 unspecified atom stereocenters. The van der Waals surface area contributed by atoms with Gasteiger partial charge in [-0.3, -0.25) is 9.59 Å². The first-order chi connectivity index (χ1) is 9.16. The number of likely N-dealkylation sites (tertiary alicyclic amines) is 1. The Labute approximate surface area is 121 Å². The highest BCUT2D eigenvalue weighted by molar-refractivity contribution is 5.85. The van der Waals surface area contributed by atoms with Crippen LogP contribution in [0.25, 0.3) is 0 Å². The predicted octanol–water partition coefficient (Wildman–Crippen LogP) is 1.72. The molecule has 5 nitrogen and oxygen atoms in total. The molecule has 0 aromatic heterocycles. The van der Waals surface area contributed by atoms with Gasteiger partial charge in [0.1, 0.15) is 0 Å². The van der Waals surface area contributed by atoms with Crippen LogP contribution in [0.15, 0.2) is 0 Å². The number of rotatable bonds is 5. The van der Waals surface area contributed by atoms with Gasteiger partial charge in [0.2, 0.25) is 5.91 Å². The molecule has 5 heteroatoms. The summed E-state index contributed by atoms with van der Waals surface area (Å²) < 4.78 is 0. The van der Waals surface area contributed by atoms with Gasteiger partial charge in [-0.1, -0.05) is 13.8 Å². The molecule has 3 atom stereocenters. The second-order valence-electron chi connectivity index (χ2n) is 6.67. The third kappa shape index (κ3) is 3.95. The van der Waals surface area contributed by atoms with Crippen molar-refractivity contribution in [2.75, 3.05) is 13.6 Å². The van der Waals surface area contributed by atoms with Crippen LogP contribution in [0.5, 0.6) is 0 Å². The Morgan fingerprint density at radius 1 is 1.45 bits per heavy atom. The molecule has 2 N–H and O–H groups in total. The lowest BCUT2D eigenvalue weighted by Gasteiger charge is -2.36. The molecule has 116 valence electrons. The van der Waals surface area contributed by atoms with E-state index in [-0.39, 0.29) is 24.3 Å². The maximum atomic E-state index is 12.1. The molecule has 0 bridgehead atoms. The molecule has 0 radical (unpaired) electrons. The Kier molecular flexibility index (Phi) is 5.57. The molecule has 1 heterocycles. The number of nitrogens with one attached hydrogen (secondary N) is 1. The van der Waals surface area contributed by atoms with Crippen molar-refractivity contribution in [2.45, 2.75) is 59.0 Å². The minimum atomic E-state index is -0.999. The summed E-state index contributed by atoms with van der Waals surface area (Å²) in [6, 6.07) is 0.615. The number of carboxylic acids is 1. The fourth-order valence-electron chi connectivity index (χ4n) is 2.56. The van der Waals surface area contributed by atoms with E-state index in [2.05, 4.69) is 24.2 Å². The number of piperidine rings is 1. The van der Waals surface area contributed by atoms with E-state index in [1.165, 1.54) is 0 Å². The van der Waals surface area contributed by atoms with E-state index < -0.39 is 11.4 Å². The van der Waals surface area contributed by atoms with E-state index in [1.807, 2.05) is 13.8 Å². The van der Waals surface area contributed by atoms with Gasteiger partial charge in [0.25, 0.3) is 0 Å². The summed E-state index contributed by atoms with van der Waals surface area (Å²) in [7, 11) is 2.09. The summed E-state index contributed by atoms with van der Waals surface area (Å²) >= 11 is 0. The number of carboxylic acid groups (broad SMARTS) is 1. The Morgan fingerprint density at radius 2 is 2.05 bits per heavy atom. The van der Waals surface area contributed by atoms with Gasteiger partial charge in [0, 0.05) is 25.0 Å². The number of carbonyl (C=O) groups excluding carboxylic acids is 1. The first kappa shape index (κ1) is 17.0. The van der Waals surface area contributed by atoms with Crippen molar-refractivity contribution in [3.63, 3.8) is 0 Å². The molecular formula is C15H28N2O3. The number of amides is 1. The van der Waals surface area contributed by atoms with Crippen molar-refractivity contribution < 1.29 is 14.7 Å². The van der Waals surface area contributed by atoms with E-state index >= 15 is 0 Å². The Bertz CT molecular complexity index is 370. The molecule has 1 saturated heterocycles. The maximum Gasteiger partial charge on any atom is 0.310 e. The molecule has 0 aromatic carbocycles. The van der Waals surface area contributed by atoms with Crippen LogP contribution in [0.1, 0.15) is 47.0 Å². The van der Waals surface area contributed by atoms with E-state index in [1.54, 1.807) is 6.92 Å². The molecular weight excluding hydrogens is 256 g/mol. The molecule has 0 aromatic rings. The third-order valence-corrected chi connectivity index (χ3v) is 4.86. The zero-order valence-electron chi connectivity index (χ0n) is 13.3. The summed E-state index contributed by atoms with van der Waals surface area (Å²) in [6.45, 7) is 8.45. The second-order valence-corrected chi connectivity index (χ2v) is 6.67. The van der Waals surface area contributed by atoms with Crippen LogP contribution in [0.2, 0.25) is 0 Å². The number of nitrogens with zero attached hydrogens (tertiary/aromatic N) is 1. The van der Waals surface area contributed by atoms with Crippen LogP contribution >= 0.6 is 0 Å². The van der Waals surface area contributed by atoms with E-state index in [4.69, 9.17) is 0 Å². The summed E-state index contributed by atoms with van der Waals surface area (Å²) in [5, 5.41) is 12.4. The van der Waals surface area contributed by atoms with Crippen molar-refractivity contribution in [1.29, 1.82) is 0 Å². The standard InChI is InChI=1S/C15H28N2O3/c1-10(2)15(4,14(19)20)9-13(18)16-12-6-7-17(5)11(3)8-12/h10-12H,6-9H2,1-5H3,(H,16,18)(H,19,20). The van der Waals surface area contributed by atoms with Gasteiger partial charge in [-0.05, 0) is 39.7 Å². The van der Waals surface area contributed by atoms with Crippen LogP contribution in [-0.2, 0) is 9.59 Å². The van der Waals surface area contributed by atoms with E-state index in [0.29, 0.717) is 6.04 Å². The Hall–Kier alpha value is -1.10. The van der Waals surface area contributed by atoms with Crippen molar-refractivity contribution in [3.8, 4) is 0 Å². The lowest BCUT2D eigenvalue weighted by molar-refractivity contribution is -0.153. The average molecular weight is 284 g/mol. The molecule has 0 spiro atoms. The first-order valence-electron chi connectivity index (χ1n) is 7.39. The van der Waals surface area contributed by atoms with Gasteiger partial charge in [0.05, 0.1) is 5.41 Å². The van der Waals surface area contributed by atoms with Crippen molar-refractivity contribution in [2.24, 2.45) is 11.3 Å². The molecule has 0 saturated carbocycles. The topological polar surface area (TPSA) is 69.6 Å². The van der Waals surface area contributed by atoms with Crippen LogP contribution < -0.4 is 5.32 Å². The SMILES string of the molecule is CC1CC(NC(=O)CC(C)(C(=O)O)C(C)C)CCN1C. The Balaban J connectivity index is 2.57. The second kappa shape index (κ2) is 6.57. The number of carbonyl (C=O) groups is 2. The molecule has 1 fully saturated rings. The van der Waals surface area contributed by atoms with Gasteiger partial charge >= 0.3 is 5.97 Å². The lowest BCUT2D eigenvalue weighted by Crippen LogP contribution is -2.49. The molecule has 20 heavy (non-hydrogen) atoms. The average Bonchev–Trinajstić information content (AvgIpc) is 2.33. The van der Waals surface area contributed by atoms with Crippen molar-refractivity contribution in [3.05, 3.63) is 0 Å².